The largest absolute Gasteiger partial charge is 0.478 e. The second-order valence-corrected chi connectivity index (χ2v) is 8.60. The fraction of sp³-hybridized carbons (Fsp3) is 0.286. The number of nitrogens with one attached hydrogen (secondary N) is 1. The lowest BCUT2D eigenvalue weighted by Gasteiger charge is -2.30. The topological polar surface area (TPSA) is 69.6 Å². The van der Waals surface area contributed by atoms with E-state index < -0.39 is 5.97 Å². The molecule has 2 N–H and O–H groups in total. The molecule has 0 unspecified atom stereocenters. The van der Waals surface area contributed by atoms with E-state index >= 15 is 0 Å². The highest BCUT2D eigenvalue weighted by atomic mass is 16.4. The van der Waals surface area contributed by atoms with Crippen LogP contribution in [0, 0.1) is 6.92 Å². The first-order chi connectivity index (χ1) is 16.0. The van der Waals surface area contributed by atoms with Gasteiger partial charge in [-0.2, -0.15) is 0 Å². The van der Waals surface area contributed by atoms with Gasteiger partial charge in [-0.05, 0) is 79.1 Å². The summed E-state index contributed by atoms with van der Waals surface area (Å²) >= 11 is 0. The molecule has 0 saturated carbocycles. The van der Waals surface area contributed by atoms with Crippen molar-refractivity contribution in [3.05, 3.63) is 89.0 Å². The summed E-state index contributed by atoms with van der Waals surface area (Å²) in [6.07, 6.45) is 4.17. The minimum atomic E-state index is -0.936. The van der Waals surface area contributed by atoms with Gasteiger partial charge in [0.05, 0.1) is 11.1 Å². The molecule has 170 valence electrons. The number of nitrogens with zero attached hydrogens (tertiary/aromatic N) is 1. The van der Waals surface area contributed by atoms with E-state index in [0.29, 0.717) is 18.5 Å². The van der Waals surface area contributed by atoms with Crippen LogP contribution in [0.2, 0.25) is 0 Å². The van der Waals surface area contributed by atoms with E-state index in [0.717, 1.165) is 48.3 Å². The molecule has 1 aliphatic rings. The number of carbonyl (C=O) groups excluding carboxylic acids is 1. The van der Waals surface area contributed by atoms with Crippen LogP contribution in [0.4, 0.5) is 5.69 Å². The molecule has 33 heavy (non-hydrogen) atoms. The summed E-state index contributed by atoms with van der Waals surface area (Å²) in [6.45, 7) is 4.52. The number of aryl methyl sites for hydroxylation is 1. The average molecular weight is 443 g/mol. The zero-order chi connectivity index (χ0) is 23.2. The van der Waals surface area contributed by atoms with Crippen molar-refractivity contribution >= 4 is 17.6 Å². The Labute approximate surface area is 195 Å². The van der Waals surface area contributed by atoms with Crippen molar-refractivity contribution in [1.82, 2.24) is 5.32 Å². The molecule has 3 aromatic rings. The maximum Gasteiger partial charge on any atom is 0.335 e. The van der Waals surface area contributed by atoms with Gasteiger partial charge in [-0.1, -0.05) is 42.5 Å². The third-order valence-corrected chi connectivity index (χ3v) is 6.29. The van der Waals surface area contributed by atoms with Crippen LogP contribution in [0.15, 0.2) is 66.7 Å². The third-order valence-electron chi connectivity index (χ3n) is 6.29. The molecule has 0 radical (unpaired) electrons. The summed E-state index contributed by atoms with van der Waals surface area (Å²) in [5.74, 6) is -1.01. The van der Waals surface area contributed by atoms with E-state index in [2.05, 4.69) is 41.4 Å². The maximum absolute atomic E-state index is 13.3. The van der Waals surface area contributed by atoms with E-state index in [-0.39, 0.29) is 11.5 Å². The normalized spacial score (nSPS) is 13.5. The van der Waals surface area contributed by atoms with E-state index in [1.807, 2.05) is 18.2 Å². The molecule has 5 heteroatoms. The number of hydrogen-bond acceptors (Lipinski definition) is 3. The van der Waals surface area contributed by atoms with Gasteiger partial charge in [0.1, 0.15) is 0 Å². The fourth-order valence-electron chi connectivity index (χ4n) is 4.42. The smallest absolute Gasteiger partial charge is 0.335 e. The van der Waals surface area contributed by atoms with Crippen molar-refractivity contribution in [3.8, 4) is 11.1 Å². The lowest BCUT2D eigenvalue weighted by atomic mass is 9.97. The highest BCUT2D eigenvalue weighted by molar-refractivity contribution is 6.01. The van der Waals surface area contributed by atoms with Crippen LogP contribution in [-0.4, -0.2) is 36.6 Å². The Hall–Kier alpha value is -3.60. The number of piperidine rings is 1. The monoisotopic (exact) mass is 442 g/mol. The van der Waals surface area contributed by atoms with Crippen LogP contribution in [0.5, 0.6) is 0 Å². The molecule has 0 spiro atoms. The Bertz CT molecular complexity index is 1130. The van der Waals surface area contributed by atoms with Gasteiger partial charge in [0.2, 0.25) is 0 Å². The molecule has 1 amide bonds. The molecule has 0 aromatic heterocycles. The lowest BCUT2D eigenvalue weighted by Crippen LogP contribution is -2.33. The molecule has 1 saturated heterocycles. The van der Waals surface area contributed by atoms with E-state index in [1.165, 1.54) is 12.0 Å². The van der Waals surface area contributed by atoms with Crippen LogP contribution in [0.3, 0.4) is 0 Å². The summed E-state index contributed by atoms with van der Waals surface area (Å²) in [5, 5.41) is 12.1. The summed E-state index contributed by atoms with van der Waals surface area (Å²) in [5.41, 5.74) is 6.32. The number of anilines is 1. The van der Waals surface area contributed by atoms with Crippen molar-refractivity contribution in [1.29, 1.82) is 0 Å². The van der Waals surface area contributed by atoms with Crippen LogP contribution in [0.25, 0.3) is 11.1 Å². The number of amides is 1. The van der Waals surface area contributed by atoms with Crippen molar-refractivity contribution in [2.75, 3.05) is 24.5 Å². The predicted molar refractivity (Wildman–Crippen MR) is 132 cm³/mol. The highest BCUT2D eigenvalue weighted by Gasteiger charge is 2.20. The first-order valence-corrected chi connectivity index (χ1v) is 11.6. The fourth-order valence-corrected chi connectivity index (χ4v) is 4.42. The number of hydrogen-bond donors (Lipinski definition) is 2. The second kappa shape index (κ2) is 10.3. The van der Waals surface area contributed by atoms with Gasteiger partial charge < -0.3 is 15.3 Å². The summed E-state index contributed by atoms with van der Waals surface area (Å²) in [7, 11) is 0. The van der Waals surface area contributed by atoms with E-state index in [9.17, 15) is 9.59 Å². The molecule has 1 aliphatic heterocycles. The average Bonchev–Trinajstić information content (AvgIpc) is 2.85. The number of rotatable bonds is 7. The predicted octanol–water partition coefficient (Wildman–Crippen LogP) is 5.32. The van der Waals surface area contributed by atoms with Crippen LogP contribution < -0.4 is 10.2 Å². The minimum absolute atomic E-state index is 0.0758. The molecule has 0 bridgehead atoms. The SMILES string of the molecule is Cc1ccccc1-c1ccc(N2CCCCC2)c(C(=O)NCCc2ccc(C(=O)O)cc2)c1. The summed E-state index contributed by atoms with van der Waals surface area (Å²) in [6, 6.07) is 21.2. The number of carbonyl (C=O) groups is 2. The molecule has 1 heterocycles. The molecular weight excluding hydrogens is 412 g/mol. The number of benzene rings is 3. The molecule has 5 nitrogen and oxygen atoms in total. The Morgan fingerprint density at radius 2 is 1.67 bits per heavy atom. The van der Waals surface area contributed by atoms with Crippen molar-refractivity contribution in [2.45, 2.75) is 32.6 Å². The van der Waals surface area contributed by atoms with Crippen LogP contribution in [0.1, 0.15) is 51.1 Å². The number of carboxylic acid groups (broad SMARTS) is 1. The Kier molecular flexibility index (Phi) is 7.08. The molecule has 4 rings (SSSR count). The van der Waals surface area contributed by atoms with Crippen molar-refractivity contribution in [2.24, 2.45) is 0 Å². The Morgan fingerprint density at radius 3 is 2.36 bits per heavy atom. The molecule has 3 aromatic carbocycles. The first kappa shape index (κ1) is 22.6. The second-order valence-electron chi connectivity index (χ2n) is 8.60. The lowest BCUT2D eigenvalue weighted by molar-refractivity contribution is 0.0696. The number of carboxylic acids is 1. The highest BCUT2D eigenvalue weighted by Crippen LogP contribution is 2.31. The van der Waals surface area contributed by atoms with Gasteiger partial charge in [0, 0.05) is 25.3 Å². The number of aromatic carboxylic acids is 1. The quantitative estimate of drug-likeness (QED) is 0.519. The third kappa shape index (κ3) is 5.43. The Morgan fingerprint density at radius 1 is 0.939 bits per heavy atom. The minimum Gasteiger partial charge on any atom is -0.478 e. The first-order valence-electron chi connectivity index (χ1n) is 11.6. The molecule has 0 atom stereocenters. The van der Waals surface area contributed by atoms with Gasteiger partial charge in [0.25, 0.3) is 5.91 Å². The van der Waals surface area contributed by atoms with E-state index in [1.54, 1.807) is 24.3 Å². The van der Waals surface area contributed by atoms with Gasteiger partial charge in [-0.3, -0.25) is 4.79 Å². The van der Waals surface area contributed by atoms with Gasteiger partial charge in [-0.25, -0.2) is 4.79 Å². The Balaban J connectivity index is 1.54. The van der Waals surface area contributed by atoms with Crippen molar-refractivity contribution in [3.63, 3.8) is 0 Å². The van der Waals surface area contributed by atoms with Gasteiger partial charge in [-0.15, -0.1) is 0 Å². The van der Waals surface area contributed by atoms with Crippen molar-refractivity contribution < 1.29 is 14.7 Å². The standard InChI is InChI=1S/C28H30N2O3/c1-20-7-3-4-8-24(20)23-13-14-26(30-17-5-2-6-18-30)25(19-23)27(31)29-16-15-21-9-11-22(12-10-21)28(32)33/h3-4,7-14,19H,2,5-6,15-18H2,1H3,(H,29,31)(H,32,33). The van der Waals surface area contributed by atoms with E-state index in [4.69, 9.17) is 5.11 Å². The maximum atomic E-state index is 13.3. The molecular formula is C28H30N2O3. The van der Waals surface area contributed by atoms with Gasteiger partial charge >= 0.3 is 5.97 Å². The van der Waals surface area contributed by atoms with Crippen LogP contribution in [-0.2, 0) is 6.42 Å². The summed E-state index contributed by atoms with van der Waals surface area (Å²) in [4.78, 5) is 26.6. The van der Waals surface area contributed by atoms with Gasteiger partial charge in [0.15, 0.2) is 0 Å². The zero-order valence-electron chi connectivity index (χ0n) is 19.0. The summed E-state index contributed by atoms with van der Waals surface area (Å²) < 4.78 is 0. The zero-order valence-corrected chi connectivity index (χ0v) is 19.0. The molecule has 1 fully saturated rings. The molecule has 0 aliphatic carbocycles. The van der Waals surface area contributed by atoms with Crippen LogP contribution >= 0.6 is 0 Å².